The molecule has 86 heavy (non-hydrogen) atoms. The van der Waals surface area contributed by atoms with Crippen LogP contribution < -0.4 is 5.32 Å². The molecule has 6 N–H and O–H groups in total. The molecule has 1 aliphatic rings. The summed E-state index contributed by atoms with van der Waals surface area (Å²) in [5, 5.41) is 55.0. The zero-order chi connectivity index (χ0) is 62.1. The molecule has 1 rings (SSSR count). The van der Waals surface area contributed by atoms with Crippen molar-refractivity contribution in [3.05, 3.63) is 36.5 Å². The van der Waals surface area contributed by atoms with Crippen LogP contribution in [0.3, 0.4) is 0 Å². The molecule has 0 radical (unpaired) electrons. The number of aliphatic hydroxyl groups is 5. The van der Waals surface area contributed by atoms with Gasteiger partial charge in [0.25, 0.3) is 0 Å². The molecular formula is C77H147NO8. The van der Waals surface area contributed by atoms with Crippen molar-refractivity contribution in [2.45, 2.75) is 436 Å². The van der Waals surface area contributed by atoms with Gasteiger partial charge < -0.3 is 40.3 Å². The van der Waals surface area contributed by atoms with Crippen LogP contribution in [0.25, 0.3) is 0 Å². The fourth-order valence-corrected chi connectivity index (χ4v) is 12.5. The number of unbranched alkanes of at least 4 members (excludes halogenated alkanes) is 52. The van der Waals surface area contributed by atoms with E-state index in [-0.39, 0.29) is 12.5 Å². The van der Waals surface area contributed by atoms with E-state index in [1.165, 1.54) is 315 Å². The predicted molar refractivity (Wildman–Crippen MR) is 369 cm³/mol. The summed E-state index contributed by atoms with van der Waals surface area (Å²) in [6, 6.07) is -0.718. The minimum absolute atomic E-state index is 0.133. The minimum atomic E-state index is -1.55. The largest absolute Gasteiger partial charge is 0.394 e. The maximum absolute atomic E-state index is 13.2. The van der Waals surface area contributed by atoms with Gasteiger partial charge in [0.1, 0.15) is 24.4 Å². The Bertz CT molecular complexity index is 1450. The molecule has 9 nitrogen and oxygen atoms in total. The lowest BCUT2D eigenvalue weighted by Crippen LogP contribution is -2.60. The summed E-state index contributed by atoms with van der Waals surface area (Å²) in [4.78, 5) is 13.2. The van der Waals surface area contributed by atoms with Crippen molar-refractivity contribution in [3.8, 4) is 0 Å². The highest BCUT2D eigenvalue weighted by molar-refractivity contribution is 5.76. The number of ether oxygens (including phenoxy) is 2. The van der Waals surface area contributed by atoms with Gasteiger partial charge in [-0.05, 0) is 51.4 Å². The fourth-order valence-electron chi connectivity index (χ4n) is 12.5. The van der Waals surface area contributed by atoms with Gasteiger partial charge in [0.05, 0.1) is 25.4 Å². The van der Waals surface area contributed by atoms with Crippen LogP contribution in [-0.2, 0) is 14.3 Å². The smallest absolute Gasteiger partial charge is 0.220 e. The Kier molecular flexibility index (Phi) is 63.6. The number of rotatable bonds is 68. The van der Waals surface area contributed by atoms with E-state index in [1.54, 1.807) is 0 Å². The van der Waals surface area contributed by atoms with E-state index >= 15 is 0 Å². The molecule has 0 saturated carbocycles. The maximum atomic E-state index is 13.2. The summed E-state index contributed by atoms with van der Waals surface area (Å²) < 4.78 is 11.4. The first-order chi connectivity index (χ1) is 42.3. The SMILES string of the molecule is CCCCCCC/C=C\C/C=C\C/C=C\CCCCCCCCCCCCCCCCCCCCCCCCCCCCC(=O)NC(COC1OC(CO)C(O)C(O)C1O)C(O)CCCCCCCCCCCCCCCCCCCCCCCC. The number of hydrogen-bond acceptors (Lipinski definition) is 8. The highest BCUT2D eigenvalue weighted by Crippen LogP contribution is 2.24. The summed E-state index contributed by atoms with van der Waals surface area (Å²) in [6.45, 7) is 3.88. The highest BCUT2D eigenvalue weighted by Gasteiger charge is 2.44. The van der Waals surface area contributed by atoms with Gasteiger partial charge >= 0.3 is 0 Å². The van der Waals surface area contributed by atoms with Gasteiger partial charge in [-0.15, -0.1) is 0 Å². The van der Waals surface area contributed by atoms with Crippen molar-refractivity contribution in [3.63, 3.8) is 0 Å². The van der Waals surface area contributed by atoms with E-state index in [0.29, 0.717) is 12.8 Å². The Hall–Kier alpha value is -1.59. The van der Waals surface area contributed by atoms with Gasteiger partial charge in [0.2, 0.25) is 5.91 Å². The maximum Gasteiger partial charge on any atom is 0.220 e. The highest BCUT2D eigenvalue weighted by atomic mass is 16.7. The Balaban J connectivity index is 2.02. The molecule has 1 saturated heterocycles. The number of hydrogen-bond donors (Lipinski definition) is 6. The number of nitrogens with one attached hydrogen (secondary N) is 1. The van der Waals surface area contributed by atoms with E-state index in [4.69, 9.17) is 9.47 Å². The average Bonchev–Trinajstić information content (AvgIpc) is 2.36. The lowest BCUT2D eigenvalue weighted by atomic mass is 9.99. The van der Waals surface area contributed by atoms with Crippen molar-refractivity contribution in [1.29, 1.82) is 0 Å². The Labute approximate surface area is 533 Å². The number of allylic oxidation sites excluding steroid dienone is 6. The van der Waals surface area contributed by atoms with Crippen molar-refractivity contribution in [1.82, 2.24) is 5.32 Å². The Morgan fingerprint density at radius 1 is 0.395 bits per heavy atom. The summed E-state index contributed by atoms with van der Waals surface area (Å²) in [5.41, 5.74) is 0. The number of aliphatic hydroxyl groups excluding tert-OH is 5. The molecule has 0 bridgehead atoms. The van der Waals surface area contributed by atoms with Crippen molar-refractivity contribution in [2.24, 2.45) is 0 Å². The molecule has 1 fully saturated rings. The van der Waals surface area contributed by atoms with Gasteiger partial charge in [0.15, 0.2) is 6.29 Å². The molecule has 0 aliphatic carbocycles. The van der Waals surface area contributed by atoms with Crippen LogP contribution in [0.15, 0.2) is 36.5 Å². The van der Waals surface area contributed by atoms with Crippen LogP contribution in [0.1, 0.15) is 393 Å². The third-order valence-corrected chi connectivity index (χ3v) is 18.5. The quantitative estimate of drug-likeness (QED) is 0.0261. The van der Waals surface area contributed by atoms with E-state index < -0.39 is 49.5 Å². The lowest BCUT2D eigenvalue weighted by Gasteiger charge is -2.40. The van der Waals surface area contributed by atoms with Gasteiger partial charge in [-0.2, -0.15) is 0 Å². The molecule has 7 unspecified atom stereocenters. The van der Waals surface area contributed by atoms with Crippen LogP contribution >= 0.6 is 0 Å². The average molecular weight is 1220 g/mol. The molecule has 7 atom stereocenters. The Morgan fingerprint density at radius 2 is 0.686 bits per heavy atom. The van der Waals surface area contributed by atoms with Crippen LogP contribution in [0.2, 0.25) is 0 Å². The van der Waals surface area contributed by atoms with Crippen molar-refractivity contribution >= 4 is 5.91 Å². The first kappa shape index (κ1) is 82.4. The normalized spacial score (nSPS) is 18.2. The molecule has 0 aromatic carbocycles. The van der Waals surface area contributed by atoms with Crippen LogP contribution in [-0.4, -0.2) is 87.5 Å². The monoisotopic (exact) mass is 1210 g/mol. The van der Waals surface area contributed by atoms with E-state index in [9.17, 15) is 30.3 Å². The molecule has 0 aromatic rings. The van der Waals surface area contributed by atoms with Crippen LogP contribution in [0, 0.1) is 0 Å². The van der Waals surface area contributed by atoms with Gasteiger partial charge in [-0.1, -0.05) is 371 Å². The molecule has 1 heterocycles. The van der Waals surface area contributed by atoms with E-state index in [2.05, 4.69) is 55.6 Å². The van der Waals surface area contributed by atoms with Crippen molar-refractivity contribution in [2.75, 3.05) is 13.2 Å². The van der Waals surface area contributed by atoms with Crippen LogP contribution in [0.5, 0.6) is 0 Å². The molecule has 0 spiro atoms. The van der Waals surface area contributed by atoms with E-state index in [1.807, 2.05) is 0 Å². The fraction of sp³-hybridized carbons (Fsp3) is 0.909. The first-order valence-electron chi connectivity index (χ1n) is 38.2. The second-order valence-corrected chi connectivity index (χ2v) is 26.8. The number of amides is 1. The summed E-state index contributed by atoms with van der Waals surface area (Å²) in [7, 11) is 0. The standard InChI is InChI=1S/C77H147NO8/c1-3-5-7-9-11-13-15-17-19-21-23-25-27-28-29-30-31-32-33-34-35-36-37-38-39-40-41-42-43-44-45-47-49-51-53-55-57-59-61-63-65-67-73(81)78-70(69-85-77-76(84)75(83)74(82)72(68-79)86-77)71(80)66-64-62-60-58-56-54-52-50-48-46-26-24-22-20-18-16-14-12-10-8-6-4-2/h15,17,21,23,27-28,70-72,74-77,79-80,82-84H,3-14,16,18-20,22,24-26,29-69H2,1-2H3,(H,78,81)/b17-15-,23-21-,28-27-. The zero-order valence-electron chi connectivity index (χ0n) is 57.1. The minimum Gasteiger partial charge on any atom is -0.394 e. The second-order valence-electron chi connectivity index (χ2n) is 26.8. The molecule has 1 amide bonds. The third-order valence-electron chi connectivity index (χ3n) is 18.5. The predicted octanol–water partition coefficient (Wildman–Crippen LogP) is 21.4. The summed E-state index contributed by atoms with van der Waals surface area (Å²) in [5.74, 6) is -0.135. The Morgan fingerprint density at radius 3 is 1.01 bits per heavy atom. The van der Waals surface area contributed by atoms with Crippen molar-refractivity contribution < 1.29 is 39.8 Å². The van der Waals surface area contributed by atoms with Gasteiger partial charge in [0, 0.05) is 6.42 Å². The first-order valence-corrected chi connectivity index (χ1v) is 38.2. The number of carbonyl (C=O) groups excluding carboxylic acids is 1. The van der Waals surface area contributed by atoms with Gasteiger partial charge in [-0.3, -0.25) is 4.79 Å². The second kappa shape index (κ2) is 66.3. The summed E-state index contributed by atoms with van der Waals surface area (Å²) in [6.07, 6.45) is 82.4. The zero-order valence-corrected chi connectivity index (χ0v) is 57.1. The number of carbonyl (C=O) groups is 1. The molecular weight excluding hydrogens is 1070 g/mol. The van der Waals surface area contributed by atoms with Gasteiger partial charge in [-0.25, -0.2) is 0 Å². The topological polar surface area (TPSA) is 149 Å². The van der Waals surface area contributed by atoms with Crippen LogP contribution in [0.4, 0.5) is 0 Å². The van der Waals surface area contributed by atoms with E-state index in [0.717, 1.165) is 51.4 Å². The molecule has 508 valence electrons. The lowest BCUT2D eigenvalue weighted by molar-refractivity contribution is -0.302. The third kappa shape index (κ3) is 54.2. The molecule has 9 heteroatoms. The molecule has 1 aliphatic heterocycles. The summed E-state index contributed by atoms with van der Waals surface area (Å²) >= 11 is 0. The molecule has 0 aromatic heterocycles.